The molecule has 0 saturated carbocycles. The van der Waals surface area contributed by atoms with E-state index in [0.717, 1.165) is 29.7 Å². The third-order valence-corrected chi connectivity index (χ3v) is 8.25. The Kier molecular flexibility index (Phi) is 6.13. The van der Waals surface area contributed by atoms with Gasteiger partial charge in [0.2, 0.25) is 5.91 Å². The van der Waals surface area contributed by atoms with Crippen LogP contribution in [0.1, 0.15) is 26.7 Å². The number of hydrogen-bond acceptors (Lipinski definition) is 6. The Labute approximate surface area is 143 Å². The van der Waals surface area contributed by atoms with E-state index >= 15 is 0 Å². The van der Waals surface area contributed by atoms with E-state index in [2.05, 4.69) is 0 Å². The molecule has 0 aromatic heterocycles. The number of carbonyl (C=O) groups is 3. The maximum atomic E-state index is 12.6. The van der Waals surface area contributed by atoms with Gasteiger partial charge in [0.05, 0.1) is 4.08 Å². The van der Waals surface area contributed by atoms with E-state index in [9.17, 15) is 19.5 Å². The van der Waals surface area contributed by atoms with Crippen LogP contribution in [0.5, 0.6) is 0 Å². The zero-order chi connectivity index (χ0) is 16.3. The third-order valence-electron chi connectivity index (χ3n) is 3.84. The lowest BCUT2D eigenvalue weighted by Gasteiger charge is -2.32. The van der Waals surface area contributed by atoms with Crippen molar-refractivity contribution in [2.45, 2.75) is 36.8 Å². The molecular weight excluding hydrogens is 342 g/mol. The Balaban J connectivity index is 2.07. The fourth-order valence-electron chi connectivity index (χ4n) is 2.71. The number of aliphatic carboxylic acids is 1. The van der Waals surface area contributed by atoms with Crippen molar-refractivity contribution >= 4 is 52.3 Å². The molecule has 1 amide bonds. The summed E-state index contributed by atoms with van der Waals surface area (Å²) in [7, 11) is 0. The highest BCUT2D eigenvalue weighted by Crippen LogP contribution is 2.50. The molecule has 0 bridgehead atoms. The van der Waals surface area contributed by atoms with Gasteiger partial charge in [-0.15, -0.1) is 23.5 Å². The van der Waals surface area contributed by atoms with Crippen LogP contribution in [0.3, 0.4) is 0 Å². The van der Waals surface area contributed by atoms with E-state index in [4.69, 9.17) is 0 Å². The molecule has 0 aromatic carbocycles. The molecule has 124 valence electrons. The predicted molar refractivity (Wildman–Crippen MR) is 92.3 cm³/mol. The molecule has 0 aromatic rings. The minimum absolute atomic E-state index is 0.0225. The Morgan fingerprint density at radius 1 is 1.36 bits per heavy atom. The second kappa shape index (κ2) is 7.49. The molecule has 2 saturated heterocycles. The normalized spacial score (nSPS) is 25.2. The Bertz CT molecular complexity index is 465. The summed E-state index contributed by atoms with van der Waals surface area (Å²) >= 11 is 4.70. The first-order valence-electron chi connectivity index (χ1n) is 7.29. The zero-order valence-electron chi connectivity index (χ0n) is 12.7. The fraction of sp³-hybridized carbons (Fsp3) is 0.786. The molecule has 2 aliphatic heterocycles. The largest absolute Gasteiger partial charge is 0.480 e. The summed E-state index contributed by atoms with van der Waals surface area (Å²) in [6, 6.07) is -0.740. The van der Waals surface area contributed by atoms with Gasteiger partial charge in [0, 0.05) is 31.6 Å². The van der Waals surface area contributed by atoms with Crippen molar-refractivity contribution in [1.82, 2.24) is 4.90 Å². The Morgan fingerprint density at radius 3 is 2.55 bits per heavy atom. The number of thioether (sulfide) groups is 3. The van der Waals surface area contributed by atoms with Gasteiger partial charge in [-0.3, -0.25) is 9.59 Å². The van der Waals surface area contributed by atoms with Gasteiger partial charge in [-0.05, 0) is 17.9 Å². The number of rotatable bonds is 4. The minimum atomic E-state index is -0.927. The lowest BCUT2D eigenvalue weighted by Crippen LogP contribution is -2.44. The quantitative estimate of drug-likeness (QED) is 0.820. The molecular formula is C14H21NO4S3. The summed E-state index contributed by atoms with van der Waals surface area (Å²) in [6.07, 6.45) is 1.64. The lowest BCUT2D eigenvalue weighted by atomic mass is 10.1. The van der Waals surface area contributed by atoms with Crippen molar-refractivity contribution < 1.29 is 19.5 Å². The van der Waals surface area contributed by atoms with Crippen molar-refractivity contribution in [3.05, 3.63) is 0 Å². The number of carboxylic acids is 1. The van der Waals surface area contributed by atoms with Crippen molar-refractivity contribution in [2.24, 2.45) is 5.92 Å². The third kappa shape index (κ3) is 4.14. The van der Waals surface area contributed by atoms with Crippen LogP contribution in [0.25, 0.3) is 0 Å². The van der Waals surface area contributed by atoms with Gasteiger partial charge in [-0.25, -0.2) is 4.79 Å². The first-order chi connectivity index (χ1) is 10.3. The van der Waals surface area contributed by atoms with Crippen molar-refractivity contribution in [3.63, 3.8) is 0 Å². The van der Waals surface area contributed by atoms with E-state index < -0.39 is 12.0 Å². The Hall–Kier alpha value is -0.340. The average molecular weight is 364 g/mol. The summed E-state index contributed by atoms with van der Waals surface area (Å²) in [5.41, 5.74) is 0. The molecule has 1 N–H and O–H groups in total. The minimum Gasteiger partial charge on any atom is -0.480 e. The molecule has 2 heterocycles. The molecule has 0 aliphatic carbocycles. The van der Waals surface area contributed by atoms with Gasteiger partial charge in [0.1, 0.15) is 6.04 Å². The fourth-order valence-corrected chi connectivity index (χ4v) is 6.69. The molecule has 22 heavy (non-hydrogen) atoms. The van der Waals surface area contributed by atoms with Crippen molar-refractivity contribution in [3.8, 4) is 0 Å². The molecule has 2 atom stereocenters. The number of carbonyl (C=O) groups excluding carboxylic acids is 2. The topological polar surface area (TPSA) is 74.7 Å². The number of hydrogen-bond donors (Lipinski definition) is 1. The molecule has 1 spiro atoms. The second-order valence-electron chi connectivity index (χ2n) is 5.69. The summed E-state index contributed by atoms with van der Waals surface area (Å²) in [5.74, 6) is 1.04. The molecule has 5 nitrogen and oxygen atoms in total. The van der Waals surface area contributed by atoms with Crippen LogP contribution in [0.2, 0.25) is 0 Å². The van der Waals surface area contributed by atoms with Crippen LogP contribution in [0.4, 0.5) is 0 Å². The van der Waals surface area contributed by atoms with Crippen LogP contribution < -0.4 is 0 Å². The SMILES string of the molecule is CC(=O)SC[C@@H](C)C(=O)N1CC2(C[C@H]1C(=O)O)SCCCS2. The predicted octanol–water partition coefficient (Wildman–Crippen LogP) is 2.15. The van der Waals surface area contributed by atoms with E-state index in [1.54, 1.807) is 30.4 Å². The van der Waals surface area contributed by atoms with E-state index in [1.165, 1.54) is 11.8 Å². The summed E-state index contributed by atoms with van der Waals surface area (Å²) in [4.78, 5) is 36.7. The van der Waals surface area contributed by atoms with Crippen molar-refractivity contribution in [2.75, 3.05) is 23.8 Å². The first-order valence-corrected chi connectivity index (χ1v) is 10.2. The Morgan fingerprint density at radius 2 is 2.00 bits per heavy atom. The van der Waals surface area contributed by atoms with Gasteiger partial charge in [-0.2, -0.15) is 0 Å². The number of amides is 1. The standard InChI is InChI=1S/C14H21NO4S3/c1-9(7-20-10(2)16)12(17)15-8-14(6-11(15)13(18)19)21-4-3-5-22-14/h9,11H,3-8H2,1-2H3,(H,18,19)/t9-,11+/m1/s1. The van der Waals surface area contributed by atoms with Crippen molar-refractivity contribution in [1.29, 1.82) is 0 Å². The van der Waals surface area contributed by atoms with Gasteiger partial charge in [-0.1, -0.05) is 18.7 Å². The maximum Gasteiger partial charge on any atom is 0.326 e. The molecule has 8 heteroatoms. The first kappa shape index (κ1) is 18.0. The molecule has 2 rings (SSSR count). The van der Waals surface area contributed by atoms with E-state index in [-0.39, 0.29) is 21.0 Å². The van der Waals surface area contributed by atoms with E-state index in [0.29, 0.717) is 18.7 Å². The number of carboxylic acid groups (broad SMARTS) is 1. The summed E-state index contributed by atoms with van der Waals surface area (Å²) < 4.78 is -0.162. The molecule has 2 aliphatic rings. The van der Waals surface area contributed by atoms with Gasteiger partial charge in [0.25, 0.3) is 0 Å². The van der Waals surface area contributed by atoms with Crippen LogP contribution in [0.15, 0.2) is 0 Å². The van der Waals surface area contributed by atoms with Crippen LogP contribution in [-0.4, -0.2) is 60.9 Å². The number of nitrogens with zero attached hydrogens (tertiary/aromatic N) is 1. The van der Waals surface area contributed by atoms with Crippen LogP contribution in [0, 0.1) is 5.92 Å². The van der Waals surface area contributed by atoms with Gasteiger partial charge < -0.3 is 10.0 Å². The van der Waals surface area contributed by atoms with Gasteiger partial charge >= 0.3 is 5.97 Å². The molecule has 0 unspecified atom stereocenters. The molecule has 2 fully saturated rings. The number of likely N-dealkylation sites (tertiary alicyclic amines) is 1. The monoisotopic (exact) mass is 363 g/mol. The molecule has 0 radical (unpaired) electrons. The summed E-state index contributed by atoms with van der Waals surface area (Å²) in [5, 5.41) is 9.45. The second-order valence-corrected chi connectivity index (χ2v) is 10.1. The van der Waals surface area contributed by atoms with Gasteiger partial charge in [0.15, 0.2) is 5.12 Å². The maximum absolute atomic E-state index is 12.6. The van der Waals surface area contributed by atoms with Crippen LogP contribution in [-0.2, 0) is 14.4 Å². The lowest BCUT2D eigenvalue weighted by molar-refractivity contribution is -0.149. The van der Waals surface area contributed by atoms with E-state index in [1.807, 2.05) is 0 Å². The highest BCUT2D eigenvalue weighted by molar-refractivity contribution is 8.18. The smallest absolute Gasteiger partial charge is 0.326 e. The zero-order valence-corrected chi connectivity index (χ0v) is 15.2. The van der Waals surface area contributed by atoms with Crippen LogP contribution >= 0.6 is 35.3 Å². The summed E-state index contributed by atoms with van der Waals surface area (Å²) in [6.45, 7) is 3.73. The average Bonchev–Trinajstić information content (AvgIpc) is 2.84. The highest BCUT2D eigenvalue weighted by atomic mass is 32.2. The highest BCUT2D eigenvalue weighted by Gasteiger charge is 2.50.